The Hall–Kier alpha value is -1.59. The van der Waals surface area contributed by atoms with Crippen molar-refractivity contribution in [2.24, 2.45) is 0 Å². The molecule has 3 aromatic rings. The monoisotopic (exact) mass is 531 g/mol. The third kappa shape index (κ3) is 14.2. The van der Waals surface area contributed by atoms with Crippen LogP contribution in [0.4, 0.5) is 0 Å². The van der Waals surface area contributed by atoms with Gasteiger partial charge in [0.05, 0.1) is 13.2 Å². The van der Waals surface area contributed by atoms with E-state index in [1.165, 1.54) is 101 Å². The quantitative estimate of drug-likeness (QED) is 0.136. The van der Waals surface area contributed by atoms with Crippen LogP contribution in [-0.2, 0) is 0 Å². The van der Waals surface area contributed by atoms with Crippen molar-refractivity contribution in [2.45, 2.75) is 117 Å². The lowest BCUT2D eigenvalue weighted by molar-refractivity contribution is 0.260. The second-order valence-electron chi connectivity index (χ2n) is 9.62. The summed E-state index contributed by atoms with van der Waals surface area (Å²) in [5.74, 6) is 1.89. The standard InChI is InChI=1S/C24H44O2S.C7H5NS/c1-3-5-7-9-11-13-15-17-19-25-23-21-27-22-24(23)26-20-18-16-14-12-10-8-6-4-2;1-2-8-3-7-5-9-4-6(1)7/h21-22H,3-20H2,1-2H3;1-5H. The lowest BCUT2D eigenvalue weighted by Gasteiger charge is -2.09. The van der Waals surface area contributed by atoms with Crippen molar-refractivity contribution in [1.29, 1.82) is 0 Å². The van der Waals surface area contributed by atoms with Crippen LogP contribution in [-0.4, -0.2) is 18.2 Å². The molecule has 3 aromatic heterocycles. The van der Waals surface area contributed by atoms with Gasteiger partial charge in [0, 0.05) is 33.9 Å². The predicted molar refractivity (Wildman–Crippen MR) is 160 cm³/mol. The third-order valence-corrected chi connectivity index (χ3v) is 7.86. The van der Waals surface area contributed by atoms with Crippen LogP contribution in [0.25, 0.3) is 10.8 Å². The lowest BCUT2D eigenvalue weighted by Crippen LogP contribution is -2.01. The van der Waals surface area contributed by atoms with Gasteiger partial charge in [-0.05, 0) is 29.7 Å². The summed E-state index contributed by atoms with van der Waals surface area (Å²) in [5, 5.41) is 10.9. The van der Waals surface area contributed by atoms with Crippen molar-refractivity contribution < 1.29 is 9.47 Å². The van der Waals surface area contributed by atoms with Gasteiger partial charge in [0.15, 0.2) is 11.5 Å². The molecule has 0 spiro atoms. The fourth-order valence-corrected chi connectivity index (χ4v) is 5.58. The summed E-state index contributed by atoms with van der Waals surface area (Å²) >= 11 is 3.39. The van der Waals surface area contributed by atoms with Crippen LogP contribution in [0.2, 0.25) is 0 Å². The fraction of sp³-hybridized carbons (Fsp3) is 0.645. The normalized spacial score (nSPS) is 10.8. The average Bonchev–Trinajstić information content (AvgIpc) is 3.56. The summed E-state index contributed by atoms with van der Waals surface area (Å²) in [7, 11) is 0. The van der Waals surface area contributed by atoms with Gasteiger partial charge >= 0.3 is 0 Å². The van der Waals surface area contributed by atoms with Crippen LogP contribution in [0.3, 0.4) is 0 Å². The highest BCUT2D eigenvalue weighted by Crippen LogP contribution is 2.32. The summed E-state index contributed by atoms with van der Waals surface area (Å²) < 4.78 is 11.9. The van der Waals surface area contributed by atoms with Crippen molar-refractivity contribution in [2.75, 3.05) is 13.2 Å². The molecule has 36 heavy (non-hydrogen) atoms. The molecule has 0 atom stereocenters. The van der Waals surface area contributed by atoms with Gasteiger partial charge in [-0.15, -0.1) is 11.3 Å². The molecule has 0 amide bonds. The molecule has 0 aliphatic carbocycles. The highest BCUT2D eigenvalue weighted by Gasteiger charge is 2.06. The number of ether oxygens (including phenoxy) is 2. The maximum Gasteiger partial charge on any atom is 0.171 e. The average molecular weight is 532 g/mol. The van der Waals surface area contributed by atoms with E-state index in [1.807, 2.05) is 18.5 Å². The first-order chi connectivity index (χ1) is 17.8. The summed E-state index contributed by atoms with van der Waals surface area (Å²) in [4.78, 5) is 3.99. The smallest absolute Gasteiger partial charge is 0.171 e. The van der Waals surface area contributed by atoms with E-state index in [2.05, 4.69) is 40.4 Å². The van der Waals surface area contributed by atoms with Crippen LogP contribution in [0.15, 0.2) is 40.0 Å². The van der Waals surface area contributed by atoms with E-state index in [0.717, 1.165) is 37.6 Å². The molecule has 0 bridgehead atoms. The zero-order valence-electron chi connectivity index (χ0n) is 22.8. The number of aromatic nitrogens is 1. The minimum absolute atomic E-state index is 0.819. The Morgan fingerprint density at radius 1 is 0.556 bits per heavy atom. The molecule has 0 fully saturated rings. The molecule has 0 radical (unpaired) electrons. The van der Waals surface area contributed by atoms with E-state index in [9.17, 15) is 0 Å². The molecule has 0 saturated heterocycles. The molecule has 5 heteroatoms. The molecular formula is C31H49NO2S2. The SMILES string of the molecule is CCCCCCCCCCOc1cscc1OCCCCCCCCCC.c1cc2cscc2cn1. The highest BCUT2D eigenvalue weighted by atomic mass is 32.1. The Labute approximate surface area is 228 Å². The van der Waals surface area contributed by atoms with Crippen LogP contribution in [0.5, 0.6) is 11.5 Å². The third-order valence-electron chi connectivity index (χ3n) is 6.38. The number of pyridine rings is 1. The lowest BCUT2D eigenvalue weighted by atomic mass is 10.1. The number of hydrogen-bond donors (Lipinski definition) is 0. The second-order valence-corrected chi connectivity index (χ2v) is 11.1. The first-order valence-electron chi connectivity index (χ1n) is 14.4. The van der Waals surface area contributed by atoms with E-state index in [1.54, 1.807) is 22.7 Å². The van der Waals surface area contributed by atoms with Gasteiger partial charge in [-0.3, -0.25) is 4.98 Å². The number of unbranched alkanes of at least 4 members (excludes halogenated alkanes) is 14. The molecular weight excluding hydrogens is 482 g/mol. The molecule has 3 rings (SSSR count). The Morgan fingerprint density at radius 2 is 1.00 bits per heavy atom. The number of rotatable bonds is 20. The van der Waals surface area contributed by atoms with Crippen LogP contribution < -0.4 is 9.47 Å². The van der Waals surface area contributed by atoms with E-state index in [4.69, 9.17) is 9.47 Å². The van der Waals surface area contributed by atoms with Crippen molar-refractivity contribution >= 4 is 33.4 Å². The molecule has 0 N–H and O–H groups in total. The Balaban J connectivity index is 0.000000416. The Bertz CT molecular complexity index is 809. The Kier molecular flexibility index (Phi) is 18.3. The van der Waals surface area contributed by atoms with Crippen molar-refractivity contribution in [3.8, 4) is 11.5 Å². The van der Waals surface area contributed by atoms with Gasteiger partial charge in [-0.25, -0.2) is 0 Å². The van der Waals surface area contributed by atoms with Gasteiger partial charge in [-0.2, -0.15) is 11.3 Å². The van der Waals surface area contributed by atoms with Gasteiger partial charge in [0.2, 0.25) is 0 Å². The fourth-order valence-electron chi connectivity index (χ4n) is 4.12. The van der Waals surface area contributed by atoms with Gasteiger partial charge in [0.1, 0.15) is 0 Å². The summed E-state index contributed by atoms with van der Waals surface area (Å²) in [6.07, 6.45) is 25.1. The zero-order valence-corrected chi connectivity index (χ0v) is 24.5. The molecule has 3 nitrogen and oxygen atoms in total. The van der Waals surface area contributed by atoms with Crippen molar-refractivity contribution in [3.63, 3.8) is 0 Å². The number of fused-ring (bicyclic) bond motifs is 1. The van der Waals surface area contributed by atoms with E-state index in [0.29, 0.717) is 0 Å². The van der Waals surface area contributed by atoms with E-state index in [-0.39, 0.29) is 0 Å². The summed E-state index contributed by atoms with van der Waals surface area (Å²) in [6, 6.07) is 2.02. The minimum atomic E-state index is 0.819. The molecule has 202 valence electrons. The van der Waals surface area contributed by atoms with Gasteiger partial charge in [0.25, 0.3) is 0 Å². The van der Waals surface area contributed by atoms with E-state index >= 15 is 0 Å². The minimum Gasteiger partial charge on any atom is -0.489 e. The van der Waals surface area contributed by atoms with Gasteiger partial charge in [-0.1, -0.05) is 104 Å². The highest BCUT2D eigenvalue weighted by molar-refractivity contribution is 7.09. The number of nitrogens with zero attached hydrogens (tertiary/aromatic N) is 1. The zero-order chi connectivity index (χ0) is 25.5. The first kappa shape index (κ1) is 30.6. The second kappa shape index (κ2) is 21.5. The molecule has 0 aromatic carbocycles. The summed E-state index contributed by atoms with van der Waals surface area (Å²) in [5.41, 5.74) is 0. The molecule has 0 saturated carbocycles. The molecule has 0 aliphatic heterocycles. The van der Waals surface area contributed by atoms with Gasteiger partial charge < -0.3 is 9.47 Å². The van der Waals surface area contributed by atoms with Crippen molar-refractivity contribution in [1.82, 2.24) is 4.98 Å². The number of hydrogen-bond acceptors (Lipinski definition) is 5. The predicted octanol–water partition coefficient (Wildman–Crippen LogP) is 11.1. The largest absolute Gasteiger partial charge is 0.489 e. The van der Waals surface area contributed by atoms with Crippen LogP contribution in [0.1, 0.15) is 117 Å². The molecule has 3 heterocycles. The van der Waals surface area contributed by atoms with E-state index < -0.39 is 0 Å². The number of thiophene rings is 2. The maximum atomic E-state index is 5.94. The molecule has 0 unspecified atom stereocenters. The topological polar surface area (TPSA) is 31.4 Å². The van der Waals surface area contributed by atoms with Crippen LogP contribution in [0, 0.1) is 0 Å². The molecule has 0 aliphatic rings. The maximum absolute atomic E-state index is 5.94. The van der Waals surface area contributed by atoms with Crippen molar-refractivity contribution in [3.05, 3.63) is 40.0 Å². The van der Waals surface area contributed by atoms with Crippen LogP contribution >= 0.6 is 22.7 Å². The Morgan fingerprint density at radius 3 is 1.50 bits per heavy atom. The summed E-state index contributed by atoms with van der Waals surface area (Å²) in [6.45, 7) is 6.18. The first-order valence-corrected chi connectivity index (χ1v) is 16.3.